The Morgan fingerprint density at radius 3 is 2.62 bits per heavy atom. The first-order valence-electron chi connectivity index (χ1n) is 6.56. The van der Waals surface area contributed by atoms with Gasteiger partial charge in [-0.25, -0.2) is 13.8 Å². The highest BCUT2D eigenvalue weighted by atomic mass is 19.1. The average Bonchev–Trinajstić information content (AvgIpc) is 2.91. The number of halogens is 2. The minimum Gasteiger partial charge on any atom is -0.343 e. The van der Waals surface area contributed by atoms with Crippen molar-refractivity contribution in [1.29, 1.82) is 0 Å². The third-order valence-corrected chi connectivity index (χ3v) is 3.02. The van der Waals surface area contributed by atoms with E-state index in [2.05, 4.69) is 20.5 Å². The summed E-state index contributed by atoms with van der Waals surface area (Å²) in [7, 11) is 0. The predicted octanol–water partition coefficient (Wildman–Crippen LogP) is 2.70. The molecule has 2 aromatic rings. The second kappa shape index (κ2) is 5.99. The number of benzene rings is 1. The van der Waals surface area contributed by atoms with E-state index in [4.69, 9.17) is 0 Å². The summed E-state index contributed by atoms with van der Waals surface area (Å²) < 4.78 is 26.8. The van der Waals surface area contributed by atoms with Gasteiger partial charge in [-0.05, 0) is 25.1 Å². The van der Waals surface area contributed by atoms with Crippen LogP contribution in [0.25, 0.3) is 0 Å². The number of H-pyrrole nitrogens is 1. The van der Waals surface area contributed by atoms with Crippen molar-refractivity contribution in [3.05, 3.63) is 47.0 Å². The van der Waals surface area contributed by atoms with Crippen LogP contribution in [-0.2, 0) is 0 Å². The Morgan fingerprint density at radius 2 is 2.00 bits per heavy atom. The molecule has 0 spiro atoms. The number of carbonyl (C=O) groups is 1. The molecule has 0 bridgehead atoms. The lowest BCUT2D eigenvalue weighted by atomic mass is 10.1. The first-order valence-corrected chi connectivity index (χ1v) is 6.56. The number of nitrogens with zero attached hydrogens (tertiary/aromatic N) is 2. The van der Waals surface area contributed by atoms with Gasteiger partial charge >= 0.3 is 0 Å². The Hall–Kier alpha value is -2.31. The van der Waals surface area contributed by atoms with Gasteiger partial charge in [0, 0.05) is 11.5 Å². The Bertz CT molecular complexity index is 654. The summed E-state index contributed by atoms with van der Waals surface area (Å²) in [5.74, 6) is -1.02. The van der Waals surface area contributed by atoms with Gasteiger partial charge < -0.3 is 5.32 Å². The fourth-order valence-electron chi connectivity index (χ4n) is 1.82. The maximum absolute atomic E-state index is 13.6. The molecule has 112 valence electrons. The fraction of sp³-hybridized carbons (Fsp3) is 0.357. The van der Waals surface area contributed by atoms with Crippen LogP contribution in [0.15, 0.2) is 18.2 Å². The van der Waals surface area contributed by atoms with E-state index in [0.29, 0.717) is 5.82 Å². The zero-order valence-electron chi connectivity index (χ0n) is 11.9. The summed E-state index contributed by atoms with van der Waals surface area (Å²) in [6.45, 7) is 5.38. The number of aromatic amines is 1. The number of amides is 1. The molecule has 7 heteroatoms. The van der Waals surface area contributed by atoms with Crippen molar-refractivity contribution < 1.29 is 13.6 Å². The standard InChI is InChI=1S/C14H16F2N4O/c1-7(2)12-18-13(20-19-12)14(21)17-8(3)10-6-9(15)4-5-11(10)16/h4-8H,1-3H3,(H,17,21)(H,18,19,20). The Labute approximate surface area is 120 Å². The van der Waals surface area contributed by atoms with Gasteiger partial charge in [0.1, 0.15) is 17.5 Å². The highest BCUT2D eigenvalue weighted by Gasteiger charge is 2.19. The van der Waals surface area contributed by atoms with Gasteiger partial charge in [0.2, 0.25) is 5.82 Å². The Morgan fingerprint density at radius 1 is 1.29 bits per heavy atom. The van der Waals surface area contributed by atoms with Gasteiger partial charge in [-0.15, -0.1) is 5.10 Å². The van der Waals surface area contributed by atoms with Crippen LogP contribution in [0, 0.1) is 11.6 Å². The Balaban J connectivity index is 2.12. The summed E-state index contributed by atoms with van der Waals surface area (Å²) in [6, 6.07) is 2.40. The van der Waals surface area contributed by atoms with Crippen molar-refractivity contribution in [2.45, 2.75) is 32.7 Å². The normalized spacial score (nSPS) is 12.5. The molecule has 5 nitrogen and oxygen atoms in total. The SMILES string of the molecule is CC(C)c1nc(C(=O)NC(C)c2cc(F)ccc2F)n[nH]1. The molecule has 1 aromatic heterocycles. The van der Waals surface area contributed by atoms with Crippen LogP contribution in [0.1, 0.15) is 54.7 Å². The largest absolute Gasteiger partial charge is 0.343 e. The molecule has 0 fully saturated rings. The van der Waals surface area contributed by atoms with Crippen LogP contribution in [0.2, 0.25) is 0 Å². The highest BCUT2D eigenvalue weighted by molar-refractivity contribution is 5.90. The van der Waals surface area contributed by atoms with Crippen LogP contribution < -0.4 is 5.32 Å². The third kappa shape index (κ3) is 3.42. The Kier molecular flexibility index (Phi) is 4.30. The van der Waals surface area contributed by atoms with Gasteiger partial charge in [-0.1, -0.05) is 13.8 Å². The molecular formula is C14H16F2N4O. The number of nitrogens with one attached hydrogen (secondary N) is 2. The summed E-state index contributed by atoms with van der Waals surface area (Å²) in [4.78, 5) is 16.0. The number of hydrogen-bond acceptors (Lipinski definition) is 3. The average molecular weight is 294 g/mol. The van der Waals surface area contributed by atoms with Gasteiger partial charge in [-0.3, -0.25) is 9.89 Å². The van der Waals surface area contributed by atoms with Gasteiger partial charge in [0.05, 0.1) is 6.04 Å². The predicted molar refractivity (Wildman–Crippen MR) is 72.7 cm³/mol. The summed E-state index contributed by atoms with van der Waals surface area (Å²) in [5.41, 5.74) is 0.0722. The quantitative estimate of drug-likeness (QED) is 0.910. The topological polar surface area (TPSA) is 70.7 Å². The van der Waals surface area contributed by atoms with E-state index in [1.54, 1.807) is 6.92 Å². The molecule has 1 atom stereocenters. The van der Waals surface area contributed by atoms with E-state index >= 15 is 0 Å². The first kappa shape index (κ1) is 15.1. The molecule has 2 N–H and O–H groups in total. The lowest BCUT2D eigenvalue weighted by Gasteiger charge is -2.14. The molecule has 2 rings (SSSR count). The smallest absolute Gasteiger partial charge is 0.291 e. The zero-order chi connectivity index (χ0) is 15.6. The number of aromatic nitrogens is 3. The maximum atomic E-state index is 13.6. The summed E-state index contributed by atoms with van der Waals surface area (Å²) >= 11 is 0. The fourth-order valence-corrected chi connectivity index (χ4v) is 1.82. The van der Waals surface area contributed by atoms with Gasteiger partial charge in [0.25, 0.3) is 5.91 Å². The zero-order valence-corrected chi connectivity index (χ0v) is 11.9. The molecule has 1 heterocycles. The van der Waals surface area contributed by atoms with Crippen molar-refractivity contribution in [3.63, 3.8) is 0 Å². The van der Waals surface area contributed by atoms with Crippen molar-refractivity contribution >= 4 is 5.91 Å². The van der Waals surface area contributed by atoms with Crippen LogP contribution in [0.4, 0.5) is 8.78 Å². The van der Waals surface area contributed by atoms with Crippen LogP contribution in [-0.4, -0.2) is 21.1 Å². The molecule has 21 heavy (non-hydrogen) atoms. The molecule has 0 aliphatic heterocycles. The van der Waals surface area contributed by atoms with E-state index in [0.717, 1.165) is 18.2 Å². The lowest BCUT2D eigenvalue weighted by molar-refractivity contribution is 0.0929. The van der Waals surface area contributed by atoms with Crippen molar-refractivity contribution in [3.8, 4) is 0 Å². The first-order chi connectivity index (χ1) is 9.88. The molecular weight excluding hydrogens is 278 g/mol. The van der Waals surface area contributed by atoms with Crippen molar-refractivity contribution in [1.82, 2.24) is 20.5 Å². The number of rotatable bonds is 4. The van der Waals surface area contributed by atoms with E-state index < -0.39 is 23.6 Å². The number of hydrogen-bond donors (Lipinski definition) is 2. The minimum absolute atomic E-state index is 0.0256. The van der Waals surface area contributed by atoms with Crippen LogP contribution >= 0.6 is 0 Å². The molecule has 0 aliphatic carbocycles. The van der Waals surface area contributed by atoms with Crippen LogP contribution in [0.3, 0.4) is 0 Å². The van der Waals surface area contributed by atoms with E-state index in [1.165, 1.54) is 0 Å². The maximum Gasteiger partial charge on any atom is 0.291 e. The molecule has 0 saturated carbocycles. The molecule has 1 amide bonds. The number of carbonyl (C=O) groups excluding carboxylic acids is 1. The molecule has 0 radical (unpaired) electrons. The second-order valence-corrected chi connectivity index (χ2v) is 5.06. The second-order valence-electron chi connectivity index (χ2n) is 5.06. The summed E-state index contributed by atoms with van der Waals surface area (Å²) in [6.07, 6.45) is 0. The highest BCUT2D eigenvalue weighted by Crippen LogP contribution is 2.18. The molecule has 1 aromatic carbocycles. The third-order valence-electron chi connectivity index (χ3n) is 3.02. The molecule has 0 saturated heterocycles. The van der Waals surface area contributed by atoms with Gasteiger partial charge in [-0.2, -0.15) is 0 Å². The van der Waals surface area contributed by atoms with E-state index in [-0.39, 0.29) is 17.3 Å². The lowest BCUT2D eigenvalue weighted by Crippen LogP contribution is -2.28. The van der Waals surface area contributed by atoms with E-state index in [9.17, 15) is 13.6 Å². The monoisotopic (exact) mass is 294 g/mol. The van der Waals surface area contributed by atoms with Crippen molar-refractivity contribution in [2.24, 2.45) is 0 Å². The minimum atomic E-state index is -0.700. The molecule has 1 unspecified atom stereocenters. The van der Waals surface area contributed by atoms with Crippen LogP contribution in [0.5, 0.6) is 0 Å². The van der Waals surface area contributed by atoms with E-state index in [1.807, 2.05) is 13.8 Å². The molecule has 0 aliphatic rings. The summed E-state index contributed by atoms with van der Waals surface area (Å²) in [5, 5.41) is 9.01. The van der Waals surface area contributed by atoms with Gasteiger partial charge in [0.15, 0.2) is 0 Å². The van der Waals surface area contributed by atoms with Crippen molar-refractivity contribution in [2.75, 3.05) is 0 Å².